The summed E-state index contributed by atoms with van der Waals surface area (Å²) >= 11 is 0. The molecule has 0 radical (unpaired) electrons. The van der Waals surface area contributed by atoms with Crippen LogP contribution in [0.3, 0.4) is 0 Å². The molecule has 0 bridgehead atoms. The number of aromatic nitrogens is 2. The Bertz CT molecular complexity index is 715. The normalized spacial score (nSPS) is 24.5. The predicted molar refractivity (Wildman–Crippen MR) is 81.2 cm³/mol. The molecule has 2 atom stereocenters. The summed E-state index contributed by atoms with van der Waals surface area (Å²) in [4.78, 5) is 19.1. The van der Waals surface area contributed by atoms with E-state index in [1.54, 1.807) is 0 Å². The van der Waals surface area contributed by atoms with Gasteiger partial charge in [0.15, 0.2) is 0 Å². The number of likely N-dealkylation sites (tertiary alicyclic amines) is 1. The Balaban J connectivity index is 1.59. The van der Waals surface area contributed by atoms with Gasteiger partial charge in [-0.3, -0.25) is 4.79 Å². The topological polar surface area (TPSA) is 37.6 Å². The molecule has 0 unspecified atom stereocenters. The van der Waals surface area contributed by atoms with Gasteiger partial charge in [0.2, 0.25) is 0 Å². The number of hydrogen-bond donors (Lipinski definition) is 0. The molecule has 3 heterocycles. The van der Waals surface area contributed by atoms with E-state index in [0.29, 0.717) is 17.5 Å². The minimum absolute atomic E-state index is 0.0748. The standard InChI is InChI=1S/C17H19N3O/c1-12-6-7-16-18-15(11-19(16)8-12)17(21)20-9-13-4-2-3-5-14(13)10-20/h2-3,6-8,11,13-14H,4-5,9-10H2,1H3/t13-,14+. The van der Waals surface area contributed by atoms with Crippen molar-refractivity contribution in [3.8, 4) is 0 Å². The van der Waals surface area contributed by atoms with E-state index in [-0.39, 0.29) is 5.91 Å². The molecule has 0 saturated carbocycles. The fraction of sp³-hybridized carbons (Fsp3) is 0.412. The Hall–Kier alpha value is -2.10. The first-order valence-electron chi connectivity index (χ1n) is 7.60. The van der Waals surface area contributed by atoms with Crippen molar-refractivity contribution in [2.24, 2.45) is 11.8 Å². The maximum atomic E-state index is 12.7. The minimum atomic E-state index is 0.0748. The Morgan fingerprint density at radius 1 is 1.14 bits per heavy atom. The summed E-state index contributed by atoms with van der Waals surface area (Å²) in [6, 6.07) is 3.98. The maximum absolute atomic E-state index is 12.7. The number of allylic oxidation sites excluding steroid dienone is 2. The van der Waals surface area contributed by atoms with Crippen LogP contribution in [-0.2, 0) is 0 Å². The number of pyridine rings is 1. The number of amides is 1. The van der Waals surface area contributed by atoms with Crippen LogP contribution in [0.1, 0.15) is 28.9 Å². The summed E-state index contributed by atoms with van der Waals surface area (Å²) in [6.45, 7) is 3.79. The summed E-state index contributed by atoms with van der Waals surface area (Å²) in [5.74, 6) is 1.35. The van der Waals surface area contributed by atoms with Crippen molar-refractivity contribution in [2.75, 3.05) is 13.1 Å². The second-order valence-corrected chi connectivity index (χ2v) is 6.27. The van der Waals surface area contributed by atoms with E-state index >= 15 is 0 Å². The lowest BCUT2D eigenvalue weighted by molar-refractivity contribution is 0.0779. The van der Waals surface area contributed by atoms with Gasteiger partial charge in [-0.25, -0.2) is 4.98 Å². The third kappa shape index (κ3) is 2.15. The first-order valence-corrected chi connectivity index (χ1v) is 7.60. The van der Waals surface area contributed by atoms with Gasteiger partial charge >= 0.3 is 0 Å². The van der Waals surface area contributed by atoms with Crippen molar-refractivity contribution >= 4 is 11.6 Å². The Morgan fingerprint density at radius 2 is 1.86 bits per heavy atom. The molecule has 1 aliphatic heterocycles. The third-order valence-electron chi connectivity index (χ3n) is 4.73. The van der Waals surface area contributed by atoms with Crippen LogP contribution < -0.4 is 0 Å². The lowest BCUT2D eigenvalue weighted by Crippen LogP contribution is -2.29. The highest BCUT2D eigenvalue weighted by molar-refractivity contribution is 5.93. The smallest absolute Gasteiger partial charge is 0.274 e. The second kappa shape index (κ2) is 4.72. The van der Waals surface area contributed by atoms with Gasteiger partial charge in [-0.15, -0.1) is 0 Å². The summed E-state index contributed by atoms with van der Waals surface area (Å²) < 4.78 is 1.94. The number of fused-ring (bicyclic) bond motifs is 2. The molecule has 2 aromatic rings. The lowest BCUT2D eigenvalue weighted by Gasteiger charge is -2.17. The van der Waals surface area contributed by atoms with Crippen molar-refractivity contribution in [1.29, 1.82) is 0 Å². The van der Waals surface area contributed by atoms with Crippen LogP contribution >= 0.6 is 0 Å². The first kappa shape index (κ1) is 12.6. The summed E-state index contributed by atoms with van der Waals surface area (Å²) in [7, 11) is 0. The molecular formula is C17H19N3O. The minimum Gasteiger partial charge on any atom is -0.337 e. The molecule has 4 heteroatoms. The van der Waals surface area contributed by atoms with E-state index in [9.17, 15) is 4.79 Å². The summed E-state index contributed by atoms with van der Waals surface area (Å²) in [5, 5.41) is 0. The monoisotopic (exact) mass is 281 g/mol. The highest BCUT2D eigenvalue weighted by atomic mass is 16.2. The molecule has 2 aromatic heterocycles. The molecule has 1 aliphatic carbocycles. The number of nitrogens with zero attached hydrogens (tertiary/aromatic N) is 3. The zero-order valence-electron chi connectivity index (χ0n) is 12.2. The zero-order valence-corrected chi connectivity index (χ0v) is 12.2. The first-order chi connectivity index (χ1) is 10.2. The van der Waals surface area contributed by atoms with Crippen molar-refractivity contribution in [2.45, 2.75) is 19.8 Å². The van der Waals surface area contributed by atoms with E-state index in [1.165, 1.54) is 0 Å². The molecule has 2 aliphatic rings. The fourth-order valence-corrected chi connectivity index (χ4v) is 3.55. The van der Waals surface area contributed by atoms with Gasteiger partial charge in [0.1, 0.15) is 11.3 Å². The van der Waals surface area contributed by atoms with Crippen LogP contribution in [0.15, 0.2) is 36.7 Å². The molecule has 21 heavy (non-hydrogen) atoms. The van der Waals surface area contributed by atoms with Gasteiger partial charge < -0.3 is 9.30 Å². The number of carbonyl (C=O) groups is 1. The lowest BCUT2D eigenvalue weighted by atomic mass is 9.86. The van der Waals surface area contributed by atoms with Gasteiger partial charge in [0, 0.05) is 25.5 Å². The van der Waals surface area contributed by atoms with Gasteiger partial charge in [0.05, 0.1) is 0 Å². The highest BCUT2D eigenvalue weighted by Gasteiger charge is 2.35. The Labute approximate surface area is 124 Å². The maximum Gasteiger partial charge on any atom is 0.274 e. The largest absolute Gasteiger partial charge is 0.337 e. The van der Waals surface area contributed by atoms with E-state index in [4.69, 9.17) is 0 Å². The molecule has 0 spiro atoms. The number of rotatable bonds is 1. The van der Waals surface area contributed by atoms with Gasteiger partial charge in [0.25, 0.3) is 5.91 Å². The van der Waals surface area contributed by atoms with Crippen LogP contribution in [0, 0.1) is 18.8 Å². The molecule has 0 N–H and O–H groups in total. The van der Waals surface area contributed by atoms with Gasteiger partial charge in [-0.2, -0.15) is 0 Å². The molecule has 4 nitrogen and oxygen atoms in total. The molecule has 0 aromatic carbocycles. The third-order valence-corrected chi connectivity index (χ3v) is 4.73. The van der Waals surface area contributed by atoms with Crippen LogP contribution in [0.2, 0.25) is 0 Å². The average Bonchev–Trinajstić information content (AvgIpc) is 3.09. The van der Waals surface area contributed by atoms with Crippen LogP contribution in [0.4, 0.5) is 0 Å². The Morgan fingerprint density at radius 3 is 2.57 bits per heavy atom. The van der Waals surface area contributed by atoms with Crippen LogP contribution in [-0.4, -0.2) is 33.3 Å². The van der Waals surface area contributed by atoms with Gasteiger partial charge in [-0.05, 0) is 43.2 Å². The number of imidazole rings is 1. The summed E-state index contributed by atoms with van der Waals surface area (Å²) in [5.41, 5.74) is 2.56. The number of carbonyl (C=O) groups excluding carboxylic acids is 1. The van der Waals surface area contributed by atoms with Crippen molar-refractivity contribution in [1.82, 2.24) is 14.3 Å². The summed E-state index contributed by atoms with van der Waals surface area (Å²) in [6.07, 6.45) is 10.6. The fourth-order valence-electron chi connectivity index (χ4n) is 3.55. The molecule has 108 valence electrons. The molecule has 4 rings (SSSR count). The van der Waals surface area contributed by atoms with Crippen molar-refractivity contribution in [3.05, 3.63) is 47.9 Å². The van der Waals surface area contributed by atoms with E-state index in [1.807, 2.05) is 40.8 Å². The van der Waals surface area contributed by atoms with E-state index < -0.39 is 0 Å². The molecule has 1 fully saturated rings. The number of aryl methyl sites for hydroxylation is 1. The predicted octanol–water partition coefficient (Wildman–Crippen LogP) is 2.68. The zero-order chi connectivity index (χ0) is 14.4. The van der Waals surface area contributed by atoms with E-state index in [2.05, 4.69) is 17.1 Å². The highest BCUT2D eigenvalue weighted by Crippen LogP contribution is 2.33. The quantitative estimate of drug-likeness (QED) is 0.754. The van der Waals surface area contributed by atoms with Crippen molar-refractivity contribution < 1.29 is 4.79 Å². The SMILES string of the molecule is Cc1ccc2nc(C(=O)N3C[C@H]4CC=CC[C@H]4C3)cn2c1. The number of hydrogen-bond acceptors (Lipinski definition) is 2. The van der Waals surface area contributed by atoms with Gasteiger partial charge in [-0.1, -0.05) is 18.2 Å². The van der Waals surface area contributed by atoms with Crippen molar-refractivity contribution in [3.63, 3.8) is 0 Å². The molecular weight excluding hydrogens is 262 g/mol. The molecule has 1 amide bonds. The molecule has 1 saturated heterocycles. The second-order valence-electron chi connectivity index (χ2n) is 6.27. The van der Waals surface area contributed by atoms with E-state index in [0.717, 1.165) is 37.1 Å². The Kier molecular flexibility index (Phi) is 2.84. The van der Waals surface area contributed by atoms with Crippen LogP contribution in [0.5, 0.6) is 0 Å². The van der Waals surface area contributed by atoms with Crippen LogP contribution in [0.25, 0.3) is 5.65 Å². The average molecular weight is 281 g/mol.